The van der Waals surface area contributed by atoms with Gasteiger partial charge in [-0.1, -0.05) is 35.5 Å². The zero-order valence-corrected chi connectivity index (χ0v) is 17.7. The molecule has 4 rings (SSSR count). The predicted molar refractivity (Wildman–Crippen MR) is 121 cm³/mol. The number of carbonyl (C=O) groups is 1. The first-order valence-corrected chi connectivity index (χ1v) is 11.1. The van der Waals surface area contributed by atoms with Crippen LogP contribution in [0.15, 0.2) is 76.3 Å². The van der Waals surface area contributed by atoms with Gasteiger partial charge in [0.25, 0.3) is 0 Å². The average molecular weight is 441 g/mol. The fraction of sp³-hybridized carbons (Fsp3) is 0.0952. The van der Waals surface area contributed by atoms with Crippen molar-refractivity contribution in [3.8, 4) is 5.69 Å². The average Bonchev–Trinajstić information content (AvgIpc) is 3.35. The number of thioether (sulfide) groups is 1. The van der Waals surface area contributed by atoms with Gasteiger partial charge in [0, 0.05) is 29.1 Å². The minimum atomic E-state index is -0.125. The van der Waals surface area contributed by atoms with E-state index in [4.69, 9.17) is 11.6 Å². The number of benzene rings is 2. The van der Waals surface area contributed by atoms with Gasteiger partial charge in [0.2, 0.25) is 5.91 Å². The van der Waals surface area contributed by atoms with Gasteiger partial charge >= 0.3 is 0 Å². The Morgan fingerprint density at radius 3 is 2.83 bits per heavy atom. The molecule has 0 atom stereocenters. The van der Waals surface area contributed by atoms with Crippen LogP contribution in [-0.4, -0.2) is 27.4 Å². The van der Waals surface area contributed by atoms with E-state index in [-0.39, 0.29) is 5.91 Å². The van der Waals surface area contributed by atoms with Crippen molar-refractivity contribution in [2.75, 3.05) is 5.75 Å². The molecule has 2 aromatic carbocycles. The fourth-order valence-electron chi connectivity index (χ4n) is 2.71. The molecule has 0 bridgehead atoms. The zero-order chi connectivity index (χ0) is 20.1. The van der Waals surface area contributed by atoms with Gasteiger partial charge < -0.3 is 4.57 Å². The molecule has 8 heteroatoms. The molecule has 0 radical (unpaired) electrons. The highest BCUT2D eigenvalue weighted by Crippen LogP contribution is 2.29. The van der Waals surface area contributed by atoms with Crippen LogP contribution in [0, 0.1) is 0 Å². The third-order valence-corrected chi connectivity index (χ3v) is 6.53. The number of halogens is 1. The number of aromatic nitrogens is 2. The first-order valence-electron chi connectivity index (χ1n) is 8.92. The van der Waals surface area contributed by atoms with Gasteiger partial charge in [-0.3, -0.25) is 4.79 Å². The molecular formula is C21H17ClN4OS2. The molecule has 0 spiro atoms. The number of hydrogen-bond donors (Lipinski definition) is 1. The van der Waals surface area contributed by atoms with E-state index in [0.717, 1.165) is 25.9 Å². The highest BCUT2D eigenvalue weighted by molar-refractivity contribution is 8.01. The standard InChI is InChI=1S/C21H17ClN4OS2/c22-15-7-9-16(10-8-15)26-12-3-4-17(26)14-23-25-20(27)11-13-28-21-24-18-5-1-2-6-19(18)29-21/h1-10,12,14H,11,13H2,(H,25,27)/b23-14-. The van der Waals surface area contributed by atoms with Gasteiger partial charge in [-0.2, -0.15) is 5.10 Å². The van der Waals surface area contributed by atoms with Crippen LogP contribution in [0.1, 0.15) is 12.1 Å². The second-order valence-corrected chi connectivity index (χ2v) is 8.93. The minimum Gasteiger partial charge on any atom is -0.316 e. The molecule has 0 aliphatic carbocycles. The molecule has 0 aliphatic heterocycles. The van der Waals surface area contributed by atoms with E-state index in [0.29, 0.717) is 17.2 Å². The Balaban J connectivity index is 1.28. The third kappa shape index (κ3) is 5.06. The summed E-state index contributed by atoms with van der Waals surface area (Å²) in [5, 5.41) is 4.77. The fourth-order valence-corrected chi connectivity index (χ4v) is 4.91. The minimum absolute atomic E-state index is 0.125. The SMILES string of the molecule is O=C(CCSc1nc2ccccc2s1)N/N=C\c1cccn1-c1ccc(Cl)cc1. The number of amides is 1. The lowest BCUT2D eigenvalue weighted by molar-refractivity contribution is -0.120. The Bertz CT molecular complexity index is 1120. The summed E-state index contributed by atoms with van der Waals surface area (Å²) < 4.78 is 4.10. The van der Waals surface area contributed by atoms with Crippen LogP contribution >= 0.6 is 34.7 Å². The largest absolute Gasteiger partial charge is 0.316 e. The van der Waals surface area contributed by atoms with Crippen molar-refractivity contribution < 1.29 is 4.79 Å². The molecule has 5 nitrogen and oxygen atoms in total. The van der Waals surface area contributed by atoms with Crippen LogP contribution in [-0.2, 0) is 4.79 Å². The Morgan fingerprint density at radius 2 is 2.00 bits per heavy atom. The lowest BCUT2D eigenvalue weighted by Crippen LogP contribution is -2.18. The first-order chi connectivity index (χ1) is 14.2. The zero-order valence-electron chi connectivity index (χ0n) is 15.3. The number of thiazole rings is 1. The van der Waals surface area contributed by atoms with Gasteiger partial charge in [0.15, 0.2) is 4.34 Å². The summed E-state index contributed by atoms with van der Waals surface area (Å²) in [6.07, 6.45) is 3.93. The number of fused-ring (bicyclic) bond motifs is 1. The molecule has 2 heterocycles. The van der Waals surface area contributed by atoms with Gasteiger partial charge in [0.1, 0.15) is 0 Å². The van der Waals surface area contributed by atoms with Gasteiger partial charge in [-0.25, -0.2) is 10.4 Å². The molecule has 1 N–H and O–H groups in total. The summed E-state index contributed by atoms with van der Waals surface area (Å²) >= 11 is 9.18. The van der Waals surface area contributed by atoms with Crippen LogP contribution in [0.2, 0.25) is 5.02 Å². The van der Waals surface area contributed by atoms with Gasteiger partial charge in [0.05, 0.1) is 22.1 Å². The van der Waals surface area contributed by atoms with E-state index >= 15 is 0 Å². The Hall–Kier alpha value is -2.61. The summed E-state index contributed by atoms with van der Waals surface area (Å²) in [5.74, 6) is 0.530. The number of hydrazone groups is 1. The molecule has 0 fully saturated rings. The Labute approximate surface area is 181 Å². The Kier molecular flexibility index (Phi) is 6.29. The van der Waals surface area contributed by atoms with E-state index in [2.05, 4.69) is 21.6 Å². The number of para-hydroxylation sites is 1. The van der Waals surface area contributed by atoms with Crippen molar-refractivity contribution >= 4 is 57.0 Å². The highest BCUT2D eigenvalue weighted by atomic mass is 35.5. The second kappa shape index (κ2) is 9.26. The molecule has 29 heavy (non-hydrogen) atoms. The maximum absolute atomic E-state index is 12.0. The number of hydrogen-bond acceptors (Lipinski definition) is 5. The first kappa shape index (κ1) is 19.7. The number of carbonyl (C=O) groups excluding carboxylic acids is 1. The normalized spacial score (nSPS) is 11.3. The second-order valence-electron chi connectivity index (χ2n) is 6.12. The van der Waals surface area contributed by atoms with Crippen molar-refractivity contribution in [1.29, 1.82) is 0 Å². The van der Waals surface area contributed by atoms with Crippen LogP contribution in [0.25, 0.3) is 15.9 Å². The molecule has 0 aliphatic rings. The van der Waals surface area contributed by atoms with Crippen molar-refractivity contribution in [2.45, 2.75) is 10.8 Å². The van der Waals surface area contributed by atoms with Crippen LogP contribution < -0.4 is 5.43 Å². The number of nitrogens with zero attached hydrogens (tertiary/aromatic N) is 3. The van der Waals surface area contributed by atoms with Gasteiger partial charge in [-0.15, -0.1) is 11.3 Å². The molecular weight excluding hydrogens is 424 g/mol. The summed E-state index contributed by atoms with van der Waals surface area (Å²) in [7, 11) is 0. The predicted octanol–water partition coefficient (Wildman–Crippen LogP) is 5.37. The monoisotopic (exact) mass is 440 g/mol. The maximum Gasteiger partial charge on any atom is 0.240 e. The lowest BCUT2D eigenvalue weighted by atomic mass is 10.3. The molecule has 2 aromatic heterocycles. The smallest absolute Gasteiger partial charge is 0.240 e. The Morgan fingerprint density at radius 1 is 1.17 bits per heavy atom. The van der Waals surface area contributed by atoms with E-state index in [1.165, 1.54) is 0 Å². The van der Waals surface area contributed by atoms with E-state index in [1.807, 2.05) is 65.4 Å². The summed E-state index contributed by atoms with van der Waals surface area (Å²) in [5.41, 5.74) is 5.41. The maximum atomic E-state index is 12.0. The molecule has 0 saturated heterocycles. The molecule has 0 saturated carbocycles. The lowest BCUT2D eigenvalue weighted by Gasteiger charge is -2.06. The molecule has 146 valence electrons. The van der Waals surface area contributed by atoms with Crippen molar-refractivity contribution in [3.63, 3.8) is 0 Å². The topological polar surface area (TPSA) is 59.3 Å². The van der Waals surface area contributed by atoms with Crippen molar-refractivity contribution in [3.05, 3.63) is 77.6 Å². The summed E-state index contributed by atoms with van der Waals surface area (Å²) in [6.45, 7) is 0. The van der Waals surface area contributed by atoms with E-state index in [9.17, 15) is 4.79 Å². The van der Waals surface area contributed by atoms with Crippen molar-refractivity contribution in [1.82, 2.24) is 15.0 Å². The van der Waals surface area contributed by atoms with E-state index in [1.54, 1.807) is 29.3 Å². The van der Waals surface area contributed by atoms with Crippen LogP contribution in [0.5, 0.6) is 0 Å². The van der Waals surface area contributed by atoms with E-state index < -0.39 is 0 Å². The van der Waals surface area contributed by atoms with Crippen LogP contribution in [0.4, 0.5) is 0 Å². The molecule has 0 unspecified atom stereocenters. The summed E-state index contributed by atoms with van der Waals surface area (Å²) in [6, 6.07) is 19.4. The van der Waals surface area contributed by atoms with Gasteiger partial charge in [-0.05, 0) is 48.5 Å². The van der Waals surface area contributed by atoms with Crippen molar-refractivity contribution in [2.24, 2.45) is 5.10 Å². The number of rotatable bonds is 7. The third-order valence-electron chi connectivity index (χ3n) is 4.10. The quantitative estimate of drug-likeness (QED) is 0.238. The molecule has 4 aromatic rings. The highest BCUT2D eigenvalue weighted by Gasteiger charge is 2.06. The summed E-state index contributed by atoms with van der Waals surface area (Å²) in [4.78, 5) is 16.6. The molecule has 1 amide bonds. The van der Waals surface area contributed by atoms with Crippen LogP contribution in [0.3, 0.4) is 0 Å². The number of nitrogens with one attached hydrogen (secondary N) is 1.